The van der Waals surface area contributed by atoms with Crippen molar-refractivity contribution in [1.29, 1.82) is 0 Å². The molecule has 0 radical (unpaired) electrons. The zero-order valence-corrected chi connectivity index (χ0v) is 9.40. The molecule has 3 nitrogen and oxygen atoms in total. The van der Waals surface area contributed by atoms with Crippen LogP contribution in [0, 0.1) is 0 Å². The second kappa shape index (κ2) is 6.43. The van der Waals surface area contributed by atoms with Gasteiger partial charge in [-0.15, -0.1) is 0 Å². The van der Waals surface area contributed by atoms with Crippen molar-refractivity contribution in [3.05, 3.63) is 29.8 Å². The molecule has 3 heteroatoms. The van der Waals surface area contributed by atoms with Crippen molar-refractivity contribution in [2.24, 2.45) is 0 Å². The van der Waals surface area contributed by atoms with Crippen molar-refractivity contribution >= 4 is 5.69 Å². The van der Waals surface area contributed by atoms with Crippen LogP contribution >= 0.6 is 0 Å². The Kier molecular flexibility index (Phi) is 5.15. The van der Waals surface area contributed by atoms with E-state index < -0.39 is 0 Å². The van der Waals surface area contributed by atoms with Gasteiger partial charge in [0.2, 0.25) is 0 Å². The Morgan fingerprint density at radius 3 is 2.73 bits per heavy atom. The van der Waals surface area contributed by atoms with Crippen LogP contribution < -0.4 is 5.73 Å². The molecule has 0 saturated heterocycles. The number of benzene rings is 1. The topological polar surface area (TPSA) is 44.5 Å². The highest BCUT2D eigenvalue weighted by Crippen LogP contribution is 2.12. The van der Waals surface area contributed by atoms with Crippen LogP contribution in [0.1, 0.15) is 19.4 Å². The predicted octanol–water partition coefficient (Wildman–Crippen LogP) is 2.21. The minimum Gasteiger partial charge on any atom is -0.398 e. The number of hydrogen-bond donors (Lipinski definition) is 1. The van der Waals surface area contributed by atoms with Crippen LogP contribution in [0.15, 0.2) is 24.3 Å². The molecular formula is C12H19NO2. The Morgan fingerprint density at radius 2 is 2.07 bits per heavy atom. The van der Waals surface area contributed by atoms with Gasteiger partial charge in [0.05, 0.1) is 19.3 Å². The van der Waals surface area contributed by atoms with Crippen molar-refractivity contribution in [2.75, 3.05) is 18.9 Å². The molecule has 0 aliphatic carbocycles. The number of ether oxygens (including phenoxy) is 2. The lowest BCUT2D eigenvalue weighted by Crippen LogP contribution is -2.16. The summed E-state index contributed by atoms with van der Waals surface area (Å²) in [6.45, 7) is 5.86. The molecule has 84 valence electrons. The molecule has 0 saturated carbocycles. The first-order valence-corrected chi connectivity index (χ1v) is 5.26. The van der Waals surface area contributed by atoms with E-state index in [1.165, 1.54) is 0 Å². The molecule has 0 fully saturated rings. The number of nitrogen functional groups attached to an aromatic ring is 1. The molecule has 1 aromatic carbocycles. The number of para-hydroxylation sites is 1. The maximum absolute atomic E-state index is 5.80. The first kappa shape index (κ1) is 12.0. The fraction of sp³-hybridized carbons (Fsp3) is 0.500. The second-order valence-electron chi connectivity index (χ2n) is 3.48. The van der Waals surface area contributed by atoms with Gasteiger partial charge in [-0.05, 0) is 19.9 Å². The molecule has 1 aromatic rings. The SMILES string of the molecule is CCOCC(C)OCc1ccccc1N. The minimum absolute atomic E-state index is 0.101. The molecule has 0 amide bonds. The van der Waals surface area contributed by atoms with Gasteiger partial charge in [0.1, 0.15) is 0 Å². The lowest BCUT2D eigenvalue weighted by molar-refractivity contribution is -0.0114. The molecular weight excluding hydrogens is 190 g/mol. The van der Waals surface area contributed by atoms with E-state index in [1.54, 1.807) is 0 Å². The summed E-state index contributed by atoms with van der Waals surface area (Å²) in [6, 6.07) is 7.74. The van der Waals surface area contributed by atoms with Crippen LogP contribution in [0.5, 0.6) is 0 Å². The summed E-state index contributed by atoms with van der Waals surface area (Å²) in [5.41, 5.74) is 7.60. The van der Waals surface area contributed by atoms with Crippen molar-refractivity contribution in [2.45, 2.75) is 26.6 Å². The molecule has 0 bridgehead atoms. The van der Waals surface area contributed by atoms with E-state index in [9.17, 15) is 0 Å². The summed E-state index contributed by atoms with van der Waals surface area (Å²) in [6.07, 6.45) is 0.101. The number of nitrogens with two attached hydrogens (primary N) is 1. The van der Waals surface area contributed by atoms with E-state index in [-0.39, 0.29) is 6.10 Å². The number of hydrogen-bond acceptors (Lipinski definition) is 3. The van der Waals surface area contributed by atoms with Gasteiger partial charge in [0.15, 0.2) is 0 Å². The van der Waals surface area contributed by atoms with E-state index in [4.69, 9.17) is 15.2 Å². The van der Waals surface area contributed by atoms with Crippen LogP contribution in [0.2, 0.25) is 0 Å². The van der Waals surface area contributed by atoms with Gasteiger partial charge in [-0.1, -0.05) is 18.2 Å². The lowest BCUT2D eigenvalue weighted by Gasteiger charge is -2.13. The van der Waals surface area contributed by atoms with Gasteiger partial charge in [-0.3, -0.25) is 0 Å². The van der Waals surface area contributed by atoms with Gasteiger partial charge in [-0.25, -0.2) is 0 Å². The Bertz CT molecular complexity index is 289. The average Bonchev–Trinajstić information content (AvgIpc) is 2.25. The normalized spacial score (nSPS) is 12.7. The van der Waals surface area contributed by atoms with Crippen LogP contribution in [-0.2, 0) is 16.1 Å². The molecule has 0 aliphatic rings. The summed E-state index contributed by atoms with van der Waals surface area (Å²) in [4.78, 5) is 0. The van der Waals surface area contributed by atoms with E-state index in [0.29, 0.717) is 13.2 Å². The van der Waals surface area contributed by atoms with Crippen molar-refractivity contribution in [3.8, 4) is 0 Å². The van der Waals surface area contributed by atoms with E-state index in [2.05, 4.69) is 0 Å². The van der Waals surface area contributed by atoms with Gasteiger partial charge < -0.3 is 15.2 Å². The minimum atomic E-state index is 0.101. The molecule has 0 heterocycles. The summed E-state index contributed by atoms with van der Waals surface area (Å²) in [7, 11) is 0. The monoisotopic (exact) mass is 209 g/mol. The summed E-state index contributed by atoms with van der Waals surface area (Å²) < 4.78 is 10.9. The largest absolute Gasteiger partial charge is 0.398 e. The zero-order chi connectivity index (χ0) is 11.1. The third-order valence-corrected chi connectivity index (χ3v) is 2.14. The molecule has 0 spiro atoms. The Labute approximate surface area is 91.2 Å². The van der Waals surface area contributed by atoms with E-state index >= 15 is 0 Å². The van der Waals surface area contributed by atoms with Gasteiger partial charge in [0.25, 0.3) is 0 Å². The second-order valence-corrected chi connectivity index (χ2v) is 3.48. The van der Waals surface area contributed by atoms with E-state index in [0.717, 1.165) is 17.9 Å². The maximum atomic E-state index is 5.80. The highest BCUT2D eigenvalue weighted by Gasteiger charge is 2.03. The fourth-order valence-electron chi connectivity index (χ4n) is 1.23. The van der Waals surface area contributed by atoms with Crippen molar-refractivity contribution < 1.29 is 9.47 Å². The highest BCUT2D eigenvalue weighted by molar-refractivity contribution is 5.45. The predicted molar refractivity (Wildman–Crippen MR) is 61.6 cm³/mol. The molecule has 1 rings (SSSR count). The third-order valence-electron chi connectivity index (χ3n) is 2.14. The van der Waals surface area contributed by atoms with Gasteiger partial charge in [0, 0.05) is 17.9 Å². The highest BCUT2D eigenvalue weighted by atomic mass is 16.5. The third kappa shape index (κ3) is 4.32. The number of rotatable bonds is 6. The average molecular weight is 209 g/mol. The van der Waals surface area contributed by atoms with Gasteiger partial charge >= 0.3 is 0 Å². The molecule has 0 aromatic heterocycles. The molecule has 2 N–H and O–H groups in total. The molecule has 0 aliphatic heterocycles. The standard InChI is InChI=1S/C12H19NO2/c1-3-14-8-10(2)15-9-11-6-4-5-7-12(11)13/h4-7,10H,3,8-9,13H2,1-2H3. The first-order chi connectivity index (χ1) is 7.24. The van der Waals surface area contributed by atoms with Crippen molar-refractivity contribution in [3.63, 3.8) is 0 Å². The lowest BCUT2D eigenvalue weighted by atomic mass is 10.2. The summed E-state index contributed by atoms with van der Waals surface area (Å²) in [5.74, 6) is 0. The summed E-state index contributed by atoms with van der Waals surface area (Å²) >= 11 is 0. The van der Waals surface area contributed by atoms with E-state index in [1.807, 2.05) is 38.1 Å². The summed E-state index contributed by atoms with van der Waals surface area (Å²) in [5, 5.41) is 0. The Morgan fingerprint density at radius 1 is 1.33 bits per heavy atom. The van der Waals surface area contributed by atoms with Crippen LogP contribution in [0.25, 0.3) is 0 Å². The molecule has 15 heavy (non-hydrogen) atoms. The van der Waals surface area contributed by atoms with Gasteiger partial charge in [-0.2, -0.15) is 0 Å². The Balaban J connectivity index is 2.33. The van der Waals surface area contributed by atoms with Crippen molar-refractivity contribution in [1.82, 2.24) is 0 Å². The molecule has 1 unspecified atom stereocenters. The maximum Gasteiger partial charge on any atom is 0.0785 e. The smallest absolute Gasteiger partial charge is 0.0785 e. The zero-order valence-electron chi connectivity index (χ0n) is 9.40. The fourth-order valence-corrected chi connectivity index (χ4v) is 1.23. The quantitative estimate of drug-likeness (QED) is 0.730. The van der Waals surface area contributed by atoms with Crippen LogP contribution in [0.4, 0.5) is 5.69 Å². The Hall–Kier alpha value is -1.06. The number of anilines is 1. The molecule has 1 atom stereocenters. The van der Waals surface area contributed by atoms with Crippen LogP contribution in [-0.4, -0.2) is 19.3 Å². The van der Waals surface area contributed by atoms with Crippen LogP contribution in [0.3, 0.4) is 0 Å². The first-order valence-electron chi connectivity index (χ1n) is 5.26.